The van der Waals surface area contributed by atoms with E-state index in [0.717, 1.165) is 20.0 Å². The molecule has 0 saturated carbocycles. The Hall–Kier alpha value is 0.230. The van der Waals surface area contributed by atoms with Gasteiger partial charge >= 0.3 is 0 Å². The molecule has 0 aromatic heterocycles. The first kappa shape index (κ1) is 13.3. The Kier molecular flexibility index (Phi) is 4.90. The summed E-state index contributed by atoms with van der Waals surface area (Å²) in [7, 11) is 0.777. The van der Waals surface area contributed by atoms with E-state index in [0.29, 0.717) is 0 Å². The molecule has 0 saturated heterocycles. The van der Waals surface area contributed by atoms with E-state index in [9.17, 15) is 0 Å². The average molecular weight is 263 g/mol. The summed E-state index contributed by atoms with van der Waals surface area (Å²) in [6, 6.07) is 2.02. The van der Waals surface area contributed by atoms with Gasteiger partial charge in [0, 0.05) is 5.02 Å². The lowest BCUT2D eigenvalue weighted by Crippen LogP contribution is -2.12. The summed E-state index contributed by atoms with van der Waals surface area (Å²) in [6.45, 7) is 8.47. The molecule has 1 rings (SSSR count). The quantitative estimate of drug-likeness (QED) is 0.558. The van der Waals surface area contributed by atoms with Gasteiger partial charge < -0.3 is 0 Å². The first-order valence-corrected chi connectivity index (χ1v) is 7.48. The highest BCUT2D eigenvalue weighted by molar-refractivity contribution is 7.46. The van der Waals surface area contributed by atoms with Gasteiger partial charge in [0.2, 0.25) is 0 Å². The summed E-state index contributed by atoms with van der Waals surface area (Å²) in [5.74, 6) is 0. The van der Waals surface area contributed by atoms with Crippen molar-refractivity contribution in [1.29, 1.82) is 0 Å². The molecule has 0 aliphatic rings. The van der Waals surface area contributed by atoms with Crippen LogP contribution in [0.15, 0.2) is 6.07 Å². The summed E-state index contributed by atoms with van der Waals surface area (Å²) >= 11 is 12.4. The predicted octanol–water partition coefficient (Wildman–Crippen LogP) is 4.44. The number of hydrogen-bond donors (Lipinski definition) is 0. The van der Waals surface area contributed by atoms with Gasteiger partial charge in [-0.3, -0.25) is 0 Å². The van der Waals surface area contributed by atoms with E-state index in [1.165, 1.54) is 22.0 Å². The van der Waals surface area contributed by atoms with Gasteiger partial charge in [0.05, 0.1) is 5.38 Å². The van der Waals surface area contributed by atoms with Crippen LogP contribution < -0.4 is 5.30 Å². The van der Waals surface area contributed by atoms with Crippen LogP contribution >= 0.6 is 31.8 Å². The molecule has 0 N–H and O–H groups in total. The number of hydrogen-bond acceptors (Lipinski definition) is 0. The van der Waals surface area contributed by atoms with Crippen LogP contribution in [0.4, 0.5) is 0 Å². The van der Waals surface area contributed by atoms with E-state index in [1.54, 1.807) is 0 Å². The zero-order valence-electron chi connectivity index (χ0n) is 9.62. The molecule has 1 aromatic rings. The molecule has 0 amide bonds. The molecule has 0 bridgehead atoms. The van der Waals surface area contributed by atoms with Crippen molar-refractivity contribution in [1.82, 2.24) is 0 Å². The molecule has 1 aromatic carbocycles. The average Bonchev–Trinajstić information content (AvgIpc) is 2.20. The summed E-state index contributed by atoms with van der Waals surface area (Å²) in [5, 5.41) is 2.28. The topological polar surface area (TPSA) is 0 Å². The molecule has 0 aliphatic heterocycles. The Labute approximate surface area is 104 Å². The van der Waals surface area contributed by atoms with Gasteiger partial charge in [-0.2, -0.15) is 0 Å². The summed E-state index contributed by atoms with van der Waals surface area (Å²) in [6.07, 6.45) is 1.03. The second-order valence-electron chi connectivity index (χ2n) is 3.65. The molecule has 0 heterocycles. The van der Waals surface area contributed by atoms with Crippen molar-refractivity contribution >= 4 is 37.1 Å². The lowest BCUT2D eigenvalue weighted by molar-refractivity contribution is 1.01. The SMILES string of the molecule is CCc1c(C(C)Cl)cc(Cl)c(C)c1PC. The van der Waals surface area contributed by atoms with E-state index >= 15 is 0 Å². The second kappa shape index (κ2) is 5.53. The smallest absolute Gasteiger partial charge is 0.0560 e. The van der Waals surface area contributed by atoms with Crippen LogP contribution in [0, 0.1) is 6.92 Å². The van der Waals surface area contributed by atoms with Crippen LogP contribution in [-0.2, 0) is 6.42 Å². The molecule has 15 heavy (non-hydrogen) atoms. The van der Waals surface area contributed by atoms with E-state index in [4.69, 9.17) is 23.2 Å². The number of rotatable bonds is 3. The number of halogens is 2. The maximum atomic E-state index is 6.22. The van der Waals surface area contributed by atoms with Gasteiger partial charge in [-0.25, -0.2) is 0 Å². The fourth-order valence-corrected chi connectivity index (χ4v) is 3.51. The minimum absolute atomic E-state index is 0.0353. The van der Waals surface area contributed by atoms with Crippen molar-refractivity contribution in [3.63, 3.8) is 0 Å². The molecule has 0 spiro atoms. The molecular formula is C12H17Cl2P. The lowest BCUT2D eigenvalue weighted by atomic mass is 10.00. The van der Waals surface area contributed by atoms with E-state index < -0.39 is 0 Å². The summed E-state index contributed by atoms with van der Waals surface area (Å²) in [4.78, 5) is 0. The Morgan fingerprint density at radius 1 is 1.47 bits per heavy atom. The Morgan fingerprint density at radius 2 is 2.07 bits per heavy atom. The van der Waals surface area contributed by atoms with E-state index in [1.807, 2.05) is 13.0 Å². The Bertz CT molecular complexity index is 359. The molecule has 84 valence electrons. The number of alkyl halides is 1. The molecule has 0 nitrogen and oxygen atoms in total. The summed E-state index contributed by atoms with van der Waals surface area (Å²) < 4.78 is 0. The Morgan fingerprint density at radius 3 is 2.47 bits per heavy atom. The van der Waals surface area contributed by atoms with Gasteiger partial charge in [0.15, 0.2) is 0 Å². The third-order valence-electron chi connectivity index (χ3n) is 2.70. The normalized spacial score (nSPS) is 13.7. The zero-order chi connectivity index (χ0) is 11.6. The second-order valence-corrected chi connectivity index (χ2v) is 5.71. The zero-order valence-corrected chi connectivity index (χ0v) is 12.1. The van der Waals surface area contributed by atoms with Gasteiger partial charge in [0.25, 0.3) is 0 Å². The highest BCUT2D eigenvalue weighted by atomic mass is 35.5. The van der Waals surface area contributed by atoms with Crippen molar-refractivity contribution in [2.75, 3.05) is 6.66 Å². The van der Waals surface area contributed by atoms with Crippen LogP contribution in [0.3, 0.4) is 0 Å². The molecule has 0 radical (unpaired) electrons. The molecular weight excluding hydrogens is 246 g/mol. The van der Waals surface area contributed by atoms with Crippen molar-refractivity contribution in [2.24, 2.45) is 0 Å². The van der Waals surface area contributed by atoms with Crippen LogP contribution in [0.2, 0.25) is 5.02 Å². The van der Waals surface area contributed by atoms with Crippen LogP contribution in [0.1, 0.15) is 35.9 Å². The molecule has 3 heteroatoms. The van der Waals surface area contributed by atoms with Crippen molar-refractivity contribution in [3.8, 4) is 0 Å². The lowest BCUT2D eigenvalue weighted by Gasteiger charge is -2.18. The minimum Gasteiger partial charge on any atom is -0.118 e. The van der Waals surface area contributed by atoms with Crippen LogP contribution in [-0.4, -0.2) is 6.66 Å². The molecule has 0 fully saturated rings. The Balaban J connectivity index is 3.47. The number of benzene rings is 1. The predicted molar refractivity (Wildman–Crippen MR) is 73.7 cm³/mol. The molecule has 2 atom stereocenters. The first-order valence-electron chi connectivity index (χ1n) is 5.16. The first-order chi connectivity index (χ1) is 7.02. The van der Waals surface area contributed by atoms with Crippen molar-refractivity contribution in [2.45, 2.75) is 32.6 Å². The van der Waals surface area contributed by atoms with Crippen molar-refractivity contribution in [3.05, 3.63) is 27.8 Å². The maximum absolute atomic E-state index is 6.22. The van der Waals surface area contributed by atoms with E-state index in [2.05, 4.69) is 20.5 Å². The van der Waals surface area contributed by atoms with Gasteiger partial charge in [-0.05, 0) is 55.0 Å². The summed E-state index contributed by atoms with van der Waals surface area (Å²) in [5.41, 5.74) is 3.80. The van der Waals surface area contributed by atoms with Crippen molar-refractivity contribution < 1.29 is 0 Å². The third kappa shape index (κ3) is 2.67. The standard InChI is InChI=1S/C12H17Cl2P/c1-5-9-10(8(3)13)6-11(14)7(2)12(9)15-4/h6,8,15H,5H2,1-4H3. The van der Waals surface area contributed by atoms with E-state index in [-0.39, 0.29) is 5.38 Å². The third-order valence-corrected chi connectivity index (χ3v) is 4.50. The fraction of sp³-hybridized carbons (Fsp3) is 0.500. The van der Waals surface area contributed by atoms with Gasteiger partial charge in [0.1, 0.15) is 0 Å². The van der Waals surface area contributed by atoms with Gasteiger partial charge in [-0.15, -0.1) is 11.6 Å². The highest BCUT2D eigenvalue weighted by Gasteiger charge is 2.15. The largest absolute Gasteiger partial charge is 0.118 e. The maximum Gasteiger partial charge on any atom is 0.0560 e. The van der Waals surface area contributed by atoms with Crippen LogP contribution in [0.5, 0.6) is 0 Å². The minimum atomic E-state index is 0.0353. The van der Waals surface area contributed by atoms with Crippen LogP contribution in [0.25, 0.3) is 0 Å². The monoisotopic (exact) mass is 262 g/mol. The molecule has 2 unspecified atom stereocenters. The fourth-order valence-electron chi connectivity index (χ4n) is 1.90. The highest BCUT2D eigenvalue weighted by Crippen LogP contribution is 2.31. The molecule has 0 aliphatic carbocycles. The van der Waals surface area contributed by atoms with Gasteiger partial charge in [-0.1, -0.05) is 27.1 Å².